The monoisotopic (exact) mass is 504 g/mol. The quantitative estimate of drug-likeness (QED) is 0.232. The summed E-state index contributed by atoms with van der Waals surface area (Å²) in [7, 11) is 0. The minimum atomic E-state index is 1.13. The lowest BCUT2D eigenvalue weighted by molar-refractivity contribution is 1.30. The predicted octanol–water partition coefficient (Wildman–Crippen LogP) is 10.3. The van der Waals surface area contributed by atoms with Crippen molar-refractivity contribution in [2.75, 3.05) is 4.90 Å². The molecule has 0 aliphatic rings. The summed E-state index contributed by atoms with van der Waals surface area (Å²) in [4.78, 5) is 6.77. The van der Waals surface area contributed by atoms with E-state index in [4.69, 9.17) is 0 Å². The van der Waals surface area contributed by atoms with Gasteiger partial charge in [-0.2, -0.15) is 0 Å². The Morgan fingerprint density at radius 2 is 1.03 bits per heavy atom. The summed E-state index contributed by atoms with van der Waals surface area (Å²) in [5, 5.41) is 2.44. The molecular formula is C35H24N2S. The Labute approximate surface area is 226 Å². The molecule has 7 aromatic rings. The first-order chi connectivity index (χ1) is 18.8. The van der Waals surface area contributed by atoms with Crippen LogP contribution in [0.2, 0.25) is 0 Å². The highest BCUT2D eigenvalue weighted by molar-refractivity contribution is 7.26. The van der Waals surface area contributed by atoms with E-state index in [1.165, 1.54) is 48.1 Å². The van der Waals surface area contributed by atoms with Crippen molar-refractivity contribution in [2.45, 2.75) is 0 Å². The molecule has 2 heterocycles. The van der Waals surface area contributed by atoms with E-state index in [0.29, 0.717) is 0 Å². The van der Waals surface area contributed by atoms with E-state index in [-0.39, 0.29) is 0 Å². The SMILES string of the molecule is c1ccc(-c2ccc(N(c3ccc(-c4ccccc4)cc3)c3cccc4c3sc3ccncc34)cc2)cc1. The zero-order chi connectivity index (χ0) is 25.3. The number of fused-ring (bicyclic) bond motifs is 3. The lowest BCUT2D eigenvalue weighted by Gasteiger charge is -2.26. The number of benzene rings is 5. The summed E-state index contributed by atoms with van der Waals surface area (Å²) in [5.41, 5.74) is 8.28. The van der Waals surface area contributed by atoms with Gasteiger partial charge in [-0.3, -0.25) is 4.98 Å². The molecule has 3 heteroatoms. The van der Waals surface area contributed by atoms with Crippen LogP contribution in [0, 0.1) is 0 Å². The number of aromatic nitrogens is 1. The van der Waals surface area contributed by atoms with Crippen molar-refractivity contribution in [3.05, 3.63) is 146 Å². The molecule has 5 aromatic carbocycles. The molecule has 0 unspecified atom stereocenters. The first kappa shape index (κ1) is 22.5. The molecule has 0 amide bonds. The van der Waals surface area contributed by atoms with Gasteiger partial charge in [-0.05, 0) is 58.7 Å². The molecular weight excluding hydrogens is 480 g/mol. The molecule has 0 saturated carbocycles. The van der Waals surface area contributed by atoms with Crippen molar-refractivity contribution >= 4 is 48.6 Å². The van der Waals surface area contributed by atoms with Gasteiger partial charge in [0, 0.05) is 39.2 Å². The van der Waals surface area contributed by atoms with Crippen molar-refractivity contribution < 1.29 is 0 Å². The Morgan fingerprint density at radius 3 is 1.61 bits per heavy atom. The van der Waals surface area contributed by atoms with Crippen molar-refractivity contribution in [1.82, 2.24) is 4.98 Å². The van der Waals surface area contributed by atoms with Crippen LogP contribution < -0.4 is 4.90 Å². The molecule has 0 bridgehead atoms. The predicted molar refractivity (Wildman–Crippen MR) is 163 cm³/mol. The van der Waals surface area contributed by atoms with Gasteiger partial charge in [0.2, 0.25) is 0 Å². The second kappa shape index (κ2) is 9.62. The minimum absolute atomic E-state index is 1.13. The summed E-state index contributed by atoms with van der Waals surface area (Å²) in [6, 6.07) is 47.5. The maximum atomic E-state index is 4.40. The standard InChI is InChI=1S/C35H24N2S/c1-3-8-25(9-4-1)27-14-18-29(19-15-27)37(30-20-16-28(17-21-30)26-10-5-2-6-11-26)33-13-7-12-31-32-24-36-23-22-34(32)38-35(31)33/h1-24H. The molecule has 38 heavy (non-hydrogen) atoms. The van der Waals surface area contributed by atoms with Gasteiger partial charge < -0.3 is 4.90 Å². The molecule has 180 valence electrons. The summed E-state index contributed by atoms with van der Waals surface area (Å²) in [6.07, 6.45) is 3.85. The van der Waals surface area contributed by atoms with Gasteiger partial charge in [-0.15, -0.1) is 11.3 Å². The zero-order valence-electron chi connectivity index (χ0n) is 20.7. The van der Waals surface area contributed by atoms with E-state index in [0.717, 1.165) is 11.4 Å². The lowest BCUT2D eigenvalue weighted by atomic mass is 10.0. The molecule has 0 spiro atoms. The molecule has 2 nitrogen and oxygen atoms in total. The Morgan fingerprint density at radius 1 is 0.474 bits per heavy atom. The highest BCUT2D eigenvalue weighted by Gasteiger charge is 2.18. The second-order valence-electron chi connectivity index (χ2n) is 9.29. The fourth-order valence-electron chi connectivity index (χ4n) is 5.10. The third-order valence-electron chi connectivity index (χ3n) is 6.98. The Hall–Kier alpha value is -4.73. The van der Waals surface area contributed by atoms with E-state index in [1.54, 1.807) is 0 Å². The number of rotatable bonds is 5. The van der Waals surface area contributed by atoms with Crippen LogP contribution in [-0.4, -0.2) is 4.98 Å². The molecule has 0 aliphatic carbocycles. The number of hydrogen-bond acceptors (Lipinski definition) is 3. The van der Waals surface area contributed by atoms with Crippen LogP contribution in [-0.2, 0) is 0 Å². The summed E-state index contributed by atoms with van der Waals surface area (Å²) in [5.74, 6) is 0. The van der Waals surface area contributed by atoms with Gasteiger partial charge in [-0.1, -0.05) is 97.1 Å². The molecule has 0 saturated heterocycles. The second-order valence-corrected chi connectivity index (χ2v) is 10.3. The molecule has 0 N–H and O–H groups in total. The van der Waals surface area contributed by atoms with Gasteiger partial charge in [0.1, 0.15) is 0 Å². The average molecular weight is 505 g/mol. The summed E-state index contributed by atoms with van der Waals surface area (Å²) in [6.45, 7) is 0. The molecule has 0 aliphatic heterocycles. The Kier molecular flexibility index (Phi) is 5.69. The van der Waals surface area contributed by atoms with Crippen molar-refractivity contribution in [2.24, 2.45) is 0 Å². The van der Waals surface area contributed by atoms with Crippen LogP contribution in [0.5, 0.6) is 0 Å². The van der Waals surface area contributed by atoms with Crippen LogP contribution in [0.3, 0.4) is 0 Å². The highest BCUT2D eigenvalue weighted by atomic mass is 32.1. The van der Waals surface area contributed by atoms with Gasteiger partial charge in [-0.25, -0.2) is 0 Å². The average Bonchev–Trinajstić information content (AvgIpc) is 3.39. The number of nitrogens with zero attached hydrogens (tertiary/aromatic N) is 2. The van der Waals surface area contributed by atoms with E-state index < -0.39 is 0 Å². The van der Waals surface area contributed by atoms with Crippen LogP contribution in [0.4, 0.5) is 17.1 Å². The molecule has 0 fully saturated rings. The number of thiophene rings is 1. The minimum Gasteiger partial charge on any atom is -0.309 e. The molecule has 7 rings (SSSR count). The topological polar surface area (TPSA) is 16.1 Å². The fraction of sp³-hybridized carbons (Fsp3) is 0. The third kappa shape index (κ3) is 4.03. The van der Waals surface area contributed by atoms with E-state index in [1.807, 2.05) is 23.7 Å². The zero-order valence-corrected chi connectivity index (χ0v) is 21.5. The molecule has 2 aromatic heterocycles. The van der Waals surface area contributed by atoms with Crippen LogP contribution in [0.25, 0.3) is 42.4 Å². The third-order valence-corrected chi connectivity index (χ3v) is 8.19. The normalized spacial score (nSPS) is 11.2. The van der Waals surface area contributed by atoms with E-state index >= 15 is 0 Å². The van der Waals surface area contributed by atoms with Crippen LogP contribution in [0.15, 0.2) is 146 Å². The smallest absolute Gasteiger partial charge is 0.0640 e. The van der Waals surface area contributed by atoms with Crippen LogP contribution in [0.1, 0.15) is 0 Å². The van der Waals surface area contributed by atoms with E-state index in [9.17, 15) is 0 Å². The Bertz CT molecular complexity index is 1760. The summed E-state index contributed by atoms with van der Waals surface area (Å²) >= 11 is 1.82. The first-order valence-electron chi connectivity index (χ1n) is 12.7. The number of anilines is 3. The maximum Gasteiger partial charge on any atom is 0.0640 e. The number of hydrogen-bond donors (Lipinski definition) is 0. The highest BCUT2D eigenvalue weighted by Crippen LogP contribution is 2.44. The molecule has 0 atom stereocenters. The lowest BCUT2D eigenvalue weighted by Crippen LogP contribution is -2.10. The largest absolute Gasteiger partial charge is 0.309 e. The summed E-state index contributed by atoms with van der Waals surface area (Å²) < 4.78 is 2.51. The van der Waals surface area contributed by atoms with Gasteiger partial charge >= 0.3 is 0 Å². The van der Waals surface area contributed by atoms with Crippen molar-refractivity contribution in [3.8, 4) is 22.3 Å². The van der Waals surface area contributed by atoms with E-state index in [2.05, 4.69) is 143 Å². The van der Waals surface area contributed by atoms with Crippen LogP contribution >= 0.6 is 11.3 Å². The maximum absolute atomic E-state index is 4.40. The van der Waals surface area contributed by atoms with Gasteiger partial charge in [0.25, 0.3) is 0 Å². The van der Waals surface area contributed by atoms with Crippen molar-refractivity contribution in [3.63, 3.8) is 0 Å². The fourth-order valence-corrected chi connectivity index (χ4v) is 6.27. The Balaban J connectivity index is 1.39. The first-order valence-corrected chi connectivity index (χ1v) is 13.5. The molecule has 0 radical (unpaired) electrons. The van der Waals surface area contributed by atoms with Gasteiger partial charge in [0.05, 0.1) is 10.4 Å². The van der Waals surface area contributed by atoms with Crippen molar-refractivity contribution in [1.29, 1.82) is 0 Å². The van der Waals surface area contributed by atoms with Gasteiger partial charge in [0.15, 0.2) is 0 Å². The number of pyridine rings is 1.